The Labute approximate surface area is 115 Å². The predicted molar refractivity (Wildman–Crippen MR) is 75.6 cm³/mol. The van der Waals surface area contributed by atoms with E-state index in [1.807, 2.05) is 12.1 Å². The summed E-state index contributed by atoms with van der Waals surface area (Å²) >= 11 is 0. The van der Waals surface area contributed by atoms with Gasteiger partial charge in [-0.1, -0.05) is 6.07 Å². The molecule has 1 saturated heterocycles. The fourth-order valence-corrected chi connectivity index (χ4v) is 2.48. The number of piperazine rings is 1. The number of hydrogen-bond donors (Lipinski definition) is 0. The number of nitriles is 1. The highest BCUT2D eigenvalue weighted by atomic mass is 15.3. The fourth-order valence-electron chi connectivity index (χ4n) is 2.48. The molecule has 0 atom stereocenters. The van der Waals surface area contributed by atoms with Crippen LogP contribution in [0.1, 0.15) is 32.0 Å². The molecular formula is C15H22N4. The van der Waals surface area contributed by atoms with Crippen molar-refractivity contribution < 1.29 is 0 Å². The number of pyridine rings is 1. The molecule has 4 heteroatoms. The van der Waals surface area contributed by atoms with Gasteiger partial charge in [-0.05, 0) is 26.8 Å². The standard InChI is InChI=1S/C15H22N4/c1-15(2,3)19-9-7-18(8-10-19)12-13-5-4-6-17-14(13)11-16/h4-6H,7-10,12H2,1-3H3. The van der Waals surface area contributed by atoms with E-state index in [4.69, 9.17) is 5.26 Å². The monoisotopic (exact) mass is 258 g/mol. The number of nitrogens with zero attached hydrogens (tertiary/aromatic N) is 4. The van der Waals surface area contributed by atoms with E-state index >= 15 is 0 Å². The van der Waals surface area contributed by atoms with Gasteiger partial charge in [0.05, 0.1) is 0 Å². The second kappa shape index (κ2) is 5.68. The van der Waals surface area contributed by atoms with Crippen molar-refractivity contribution in [1.29, 1.82) is 5.26 Å². The summed E-state index contributed by atoms with van der Waals surface area (Å²) in [4.78, 5) is 9.03. The van der Waals surface area contributed by atoms with Crippen molar-refractivity contribution in [3.8, 4) is 6.07 Å². The van der Waals surface area contributed by atoms with Gasteiger partial charge in [-0.3, -0.25) is 9.80 Å². The first-order valence-electron chi connectivity index (χ1n) is 6.82. The third kappa shape index (κ3) is 3.52. The van der Waals surface area contributed by atoms with E-state index in [9.17, 15) is 0 Å². The van der Waals surface area contributed by atoms with Crippen LogP contribution < -0.4 is 0 Å². The van der Waals surface area contributed by atoms with Crippen LogP contribution in [-0.2, 0) is 6.54 Å². The van der Waals surface area contributed by atoms with Gasteiger partial charge in [0, 0.05) is 50.0 Å². The molecule has 1 fully saturated rings. The zero-order valence-corrected chi connectivity index (χ0v) is 12.1. The molecule has 1 aromatic heterocycles. The third-order valence-corrected chi connectivity index (χ3v) is 3.71. The summed E-state index contributed by atoms with van der Waals surface area (Å²) in [7, 11) is 0. The molecule has 0 N–H and O–H groups in total. The molecule has 0 bridgehead atoms. The van der Waals surface area contributed by atoms with Crippen LogP contribution in [0.15, 0.2) is 18.3 Å². The summed E-state index contributed by atoms with van der Waals surface area (Å²) in [6.07, 6.45) is 1.68. The Kier molecular flexibility index (Phi) is 4.18. The fraction of sp³-hybridized carbons (Fsp3) is 0.600. The maximum absolute atomic E-state index is 9.06. The second-order valence-electron chi connectivity index (χ2n) is 6.06. The maximum Gasteiger partial charge on any atom is 0.144 e. The van der Waals surface area contributed by atoms with Crippen molar-refractivity contribution in [2.45, 2.75) is 32.9 Å². The first kappa shape index (κ1) is 14.0. The molecule has 102 valence electrons. The van der Waals surface area contributed by atoms with Gasteiger partial charge in [0.2, 0.25) is 0 Å². The van der Waals surface area contributed by atoms with Gasteiger partial charge < -0.3 is 0 Å². The summed E-state index contributed by atoms with van der Waals surface area (Å²) in [6.45, 7) is 11.9. The lowest BCUT2D eigenvalue weighted by Crippen LogP contribution is -2.53. The van der Waals surface area contributed by atoms with E-state index in [1.165, 1.54) is 0 Å². The largest absolute Gasteiger partial charge is 0.296 e. The Morgan fingerprint density at radius 2 is 1.95 bits per heavy atom. The lowest BCUT2D eigenvalue weighted by atomic mass is 10.0. The van der Waals surface area contributed by atoms with Crippen molar-refractivity contribution in [1.82, 2.24) is 14.8 Å². The van der Waals surface area contributed by atoms with Crippen molar-refractivity contribution in [2.75, 3.05) is 26.2 Å². The van der Waals surface area contributed by atoms with Crippen molar-refractivity contribution in [3.63, 3.8) is 0 Å². The molecule has 1 aliphatic heterocycles. The van der Waals surface area contributed by atoms with Gasteiger partial charge in [-0.15, -0.1) is 0 Å². The SMILES string of the molecule is CC(C)(C)N1CCN(Cc2cccnc2C#N)CC1. The summed E-state index contributed by atoms with van der Waals surface area (Å²) < 4.78 is 0. The molecule has 1 aromatic rings. The van der Waals surface area contributed by atoms with Crippen molar-refractivity contribution in [2.24, 2.45) is 0 Å². The van der Waals surface area contributed by atoms with Crippen LogP contribution in [0.2, 0.25) is 0 Å². The minimum absolute atomic E-state index is 0.248. The summed E-state index contributed by atoms with van der Waals surface area (Å²) in [5, 5.41) is 9.06. The van der Waals surface area contributed by atoms with Gasteiger partial charge >= 0.3 is 0 Å². The van der Waals surface area contributed by atoms with Gasteiger partial charge in [0.15, 0.2) is 0 Å². The zero-order valence-electron chi connectivity index (χ0n) is 12.1. The Morgan fingerprint density at radius 1 is 1.26 bits per heavy atom. The highest BCUT2D eigenvalue weighted by Gasteiger charge is 2.25. The lowest BCUT2D eigenvalue weighted by molar-refractivity contribution is 0.0590. The molecule has 0 spiro atoms. The molecular weight excluding hydrogens is 236 g/mol. The Hall–Kier alpha value is -1.44. The molecule has 2 heterocycles. The predicted octanol–water partition coefficient (Wildman–Crippen LogP) is 1.87. The summed E-state index contributed by atoms with van der Waals surface area (Å²) in [5.74, 6) is 0. The van der Waals surface area contributed by atoms with Crippen molar-refractivity contribution >= 4 is 0 Å². The van der Waals surface area contributed by atoms with E-state index in [2.05, 4.69) is 41.6 Å². The van der Waals surface area contributed by atoms with E-state index in [-0.39, 0.29) is 5.54 Å². The van der Waals surface area contributed by atoms with Crippen LogP contribution in [-0.4, -0.2) is 46.5 Å². The molecule has 0 unspecified atom stereocenters. The van der Waals surface area contributed by atoms with Crippen LogP contribution in [0.25, 0.3) is 0 Å². The van der Waals surface area contributed by atoms with Gasteiger partial charge in [-0.2, -0.15) is 5.26 Å². The minimum atomic E-state index is 0.248. The average Bonchev–Trinajstić information content (AvgIpc) is 2.39. The molecule has 4 nitrogen and oxygen atoms in total. The molecule has 0 radical (unpaired) electrons. The number of rotatable bonds is 2. The maximum atomic E-state index is 9.06. The highest BCUT2D eigenvalue weighted by molar-refractivity contribution is 5.30. The smallest absolute Gasteiger partial charge is 0.144 e. The molecule has 19 heavy (non-hydrogen) atoms. The molecule has 2 rings (SSSR count). The Bertz CT molecular complexity index is 462. The molecule has 0 amide bonds. The normalized spacial score (nSPS) is 18.2. The van der Waals surface area contributed by atoms with Gasteiger partial charge in [0.1, 0.15) is 11.8 Å². The quantitative estimate of drug-likeness (QED) is 0.812. The topological polar surface area (TPSA) is 43.2 Å². The lowest BCUT2D eigenvalue weighted by Gasteiger charge is -2.42. The third-order valence-electron chi connectivity index (χ3n) is 3.71. The number of aromatic nitrogens is 1. The molecule has 0 aliphatic carbocycles. The van der Waals surface area contributed by atoms with Crippen LogP contribution >= 0.6 is 0 Å². The van der Waals surface area contributed by atoms with Crippen LogP contribution in [0.4, 0.5) is 0 Å². The van der Waals surface area contributed by atoms with E-state index in [0.29, 0.717) is 5.69 Å². The first-order valence-corrected chi connectivity index (χ1v) is 6.82. The molecule has 1 aliphatic rings. The van der Waals surface area contributed by atoms with E-state index < -0.39 is 0 Å². The Balaban J connectivity index is 1.95. The molecule has 0 saturated carbocycles. The average molecular weight is 258 g/mol. The van der Waals surface area contributed by atoms with Gasteiger partial charge in [0.25, 0.3) is 0 Å². The Morgan fingerprint density at radius 3 is 2.53 bits per heavy atom. The summed E-state index contributed by atoms with van der Waals surface area (Å²) in [6, 6.07) is 6.08. The van der Waals surface area contributed by atoms with Crippen LogP contribution in [0, 0.1) is 11.3 Å². The van der Waals surface area contributed by atoms with Crippen LogP contribution in [0.5, 0.6) is 0 Å². The molecule has 0 aromatic carbocycles. The number of hydrogen-bond acceptors (Lipinski definition) is 4. The van der Waals surface area contributed by atoms with Gasteiger partial charge in [-0.25, -0.2) is 4.98 Å². The zero-order chi connectivity index (χ0) is 13.9. The first-order chi connectivity index (χ1) is 9.00. The summed E-state index contributed by atoms with van der Waals surface area (Å²) in [5.41, 5.74) is 1.84. The second-order valence-corrected chi connectivity index (χ2v) is 6.06. The van der Waals surface area contributed by atoms with Crippen molar-refractivity contribution in [3.05, 3.63) is 29.6 Å². The van der Waals surface area contributed by atoms with E-state index in [0.717, 1.165) is 38.3 Å². The minimum Gasteiger partial charge on any atom is -0.296 e. The highest BCUT2D eigenvalue weighted by Crippen LogP contribution is 2.17. The van der Waals surface area contributed by atoms with E-state index in [1.54, 1.807) is 6.20 Å². The van der Waals surface area contributed by atoms with Crippen LogP contribution in [0.3, 0.4) is 0 Å².